The van der Waals surface area contributed by atoms with Crippen molar-refractivity contribution in [3.8, 4) is 0 Å². The number of hydrogen-bond acceptors (Lipinski definition) is 3. The number of H-pyrrole nitrogens is 2. The lowest BCUT2D eigenvalue weighted by Crippen LogP contribution is -1.88. The first kappa shape index (κ1) is 6.79. The quantitative estimate of drug-likeness (QED) is 0.526. The molecule has 6 heteroatoms. The Morgan fingerprint density at radius 1 is 1.46 bits per heavy atom. The van der Waals surface area contributed by atoms with E-state index in [9.17, 15) is 0 Å². The molecule has 0 aliphatic carbocycles. The van der Waals surface area contributed by atoms with Crippen molar-refractivity contribution < 1.29 is 0 Å². The molecular weight excluding hydrogens is 186 g/mol. The van der Waals surface area contributed by atoms with Gasteiger partial charge in [-0.25, -0.2) is 4.98 Å². The van der Waals surface area contributed by atoms with Gasteiger partial charge in [0.1, 0.15) is 0 Å². The van der Waals surface area contributed by atoms with Crippen molar-refractivity contribution in [2.45, 2.75) is 0 Å². The van der Waals surface area contributed by atoms with E-state index in [0.717, 1.165) is 16.8 Å². The summed E-state index contributed by atoms with van der Waals surface area (Å²) in [6.45, 7) is 0. The predicted octanol–water partition coefficient (Wildman–Crippen LogP) is 1.27. The van der Waals surface area contributed by atoms with E-state index in [2.05, 4.69) is 20.2 Å². The summed E-state index contributed by atoms with van der Waals surface area (Å²) in [6.07, 6.45) is 3.50. The van der Waals surface area contributed by atoms with E-state index in [0.29, 0.717) is 4.77 Å². The number of rotatable bonds is 0. The first-order valence-electron chi connectivity index (χ1n) is 3.75. The van der Waals surface area contributed by atoms with Crippen LogP contribution in [0.25, 0.3) is 16.8 Å². The van der Waals surface area contributed by atoms with Gasteiger partial charge >= 0.3 is 0 Å². The molecule has 0 amide bonds. The van der Waals surface area contributed by atoms with Crippen molar-refractivity contribution in [3.05, 3.63) is 23.2 Å². The zero-order chi connectivity index (χ0) is 8.84. The maximum Gasteiger partial charge on any atom is 0.200 e. The Morgan fingerprint density at radius 3 is 3.31 bits per heavy atom. The Hall–Kier alpha value is -1.69. The maximum atomic E-state index is 5.08. The third-order valence-corrected chi connectivity index (χ3v) is 2.23. The molecule has 64 valence electrons. The van der Waals surface area contributed by atoms with Gasteiger partial charge in [-0.1, -0.05) is 0 Å². The summed E-state index contributed by atoms with van der Waals surface area (Å²) in [5.41, 5.74) is 2.48. The SMILES string of the molecule is S=c1[nH]nc2cnc3[nH]ccc3n12. The Labute approximate surface area is 77.4 Å². The van der Waals surface area contributed by atoms with E-state index in [4.69, 9.17) is 12.2 Å². The lowest BCUT2D eigenvalue weighted by atomic mass is 10.5. The number of hydrogen-bond donors (Lipinski definition) is 2. The molecule has 0 aromatic carbocycles. The molecule has 0 atom stereocenters. The largest absolute Gasteiger partial charge is 0.345 e. The zero-order valence-corrected chi connectivity index (χ0v) is 7.30. The van der Waals surface area contributed by atoms with E-state index in [1.165, 1.54) is 0 Å². The molecule has 0 aliphatic rings. The van der Waals surface area contributed by atoms with Crippen LogP contribution in [0.3, 0.4) is 0 Å². The van der Waals surface area contributed by atoms with Crippen molar-refractivity contribution in [1.82, 2.24) is 24.6 Å². The summed E-state index contributed by atoms with van der Waals surface area (Å²) in [5.74, 6) is 0. The van der Waals surface area contributed by atoms with Crippen LogP contribution in [0.1, 0.15) is 0 Å². The number of aromatic amines is 2. The van der Waals surface area contributed by atoms with Crippen LogP contribution < -0.4 is 0 Å². The fourth-order valence-electron chi connectivity index (χ4n) is 1.39. The van der Waals surface area contributed by atoms with Gasteiger partial charge in [0, 0.05) is 6.20 Å². The fourth-order valence-corrected chi connectivity index (χ4v) is 1.62. The molecule has 3 rings (SSSR count). The molecule has 0 spiro atoms. The standard InChI is InChI=1S/C7H5N5S/c13-7-11-10-5-3-9-6-4(12(5)7)1-2-8-6/h1-3,8H,(H,11,13). The number of aromatic nitrogens is 5. The van der Waals surface area contributed by atoms with Crippen molar-refractivity contribution in [2.75, 3.05) is 0 Å². The molecule has 0 bridgehead atoms. The van der Waals surface area contributed by atoms with Gasteiger partial charge in [-0.3, -0.25) is 9.50 Å². The van der Waals surface area contributed by atoms with Crippen LogP contribution in [0.2, 0.25) is 0 Å². The molecular formula is C7H5N5S. The smallest absolute Gasteiger partial charge is 0.200 e. The lowest BCUT2D eigenvalue weighted by molar-refractivity contribution is 1.09. The summed E-state index contributed by atoms with van der Waals surface area (Å²) in [4.78, 5) is 7.19. The molecule has 3 aromatic heterocycles. The third-order valence-electron chi connectivity index (χ3n) is 1.95. The molecule has 13 heavy (non-hydrogen) atoms. The minimum atomic E-state index is 0.585. The molecule has 0 unspecified atom stereocenters. The monoisotopic (exact) mass is 191 g/mol. The molecule has 0 fully saturated rings. The van der Waals surface area contributed by atoms with E-state index < -0.39 is 0 Å². The van der Waals surface area contributed by atoms with Crippen molar-refractivity contribution in [1.29, 1.82) is 0 Å². The molecule has 3 aromatic rings. The lowest BCUT2D eigenvalue weighted by Gasteiger charge is -1.92. The van der Waals surface area contributed by atoms with E-state index in [1.807, 2.05) is 16.7 Å². The molecule has 5 nitrogen and oxygen atoms in total. The summed E-state index contributed by atoms with van der Waals surface area (Å²) in [5, 5.41) is 6.74. The Kier molecular flexibility index (Phi) is 1.13. The number of fused-ring (bicyclic) bond motifs is 3. The van der Waals surface area contributed by atoms with Crippen molar-refractivity contribution in [2.24, 2.45) is 0 Å². The first-order valence-corrected chi connectivity index (χ1v) is 4.16. The van der Waals surface area contributed by atoms with E-state index >= 15 is 0 Å². The Morgan fingerprint density at radius 2 is 2.38 bits per heavy atom. The molecule has 0 aliphatic heterocycles. The first-order chi connectivity index (χ1) is 6.36. The van der Waals surface area contributed by atoms with Crippen molar-refractivity contribution in [3.63, 3.8) is 0 Å². The highest BCUT2D eigenvalue weighted by atomic mass is 32.1. The van der Waals surface area contributed by atoms with Gasteiger partial charge < -0.3 is 4.98 Å². The van der Waals surface area contributed by atoms with Crippen LogP contribution in [-0.4, -0.2) is 24.6 Å². The second kappa shape index (κ2) is 2.17. The normalized spacial score (nSPS) is 11.4. The molecule has 2 N–H and O–H groups in total. The van der Waals surface area contributed by atoms with Crippen LogP contribution in [0.15, 0.2) is 18.5 Å². The number of nitrogens with one attached hydrogen (secondary N) is 2. The van der Waals surface area contributed by atoms with Gasteiger partial charge in [0.05, 0.1) is 11.7 Å². The second-order valence-corrected chi connectivity index (χ2v) is 3.08. The minimum absolute atomic E-state index is 0.585. The molecule has 0 radical (unpaired) electrons. The van der Waals surface area contributed by atoms with Crippen LogP contribution in [0, 0.1) is 4.77 Å². The second-order valence-electron chi connectivity index (χ2n) is 2.69. The van der Waals surface area contributed by atoms with Gasteiger partial charge in [-0.2, -0.15) is 5.10 Å². The zero-order valence-electron chi connectivity index (χ0n) is 6.48. The third kappa shape index (κ3) is 0.775. The highest BCUT2D eigenvalue weighted by Gasteiger charge is 2.03. The van der Waals surface area contributed by atoms with Gasteiger partial charge in [0.15, 0.2) is 16.1 Å². The summed E-state index contributed by atoms with van der Waals surface area (Å²) in [6, 6.07) is 1.92. The molecule has 0 saturated carbocycles. The summed E-state index contributed by atoms with van der Waals surface area (Å²) < 4.78 is 2.43. The number of nitrogens with zero attached hydrogens (tertiary/aromatic N) is 3. The van der Waals surface area contributed by atoms with Crippen LogP contribution in [0.4, 0.5) is 0 Å². The van der Waals surface area contributed by atoms with Gasteiger partial charge in [0.2, 0.25) is 0 Å². The van der Waals surface area contributed by atoms with E-state index in [-0.39, 0.29) is 0 Å². The van der Waals surface area contributed by atoms with Crippen LogP contribution >= 0.6 is 12.2 Å². The van der Waals surface area contributed by atoms with Gasteiger partial charge in [-0.05, 0) is 18.3 Å². The minimum Gasteiger partial charge on any atom is -0.345 e. The topological polar surface area (TPSA) is 61.8 Å². The Balaban J connectivity index is 2.78. The molecule has 3 heterocycles. The fraction of sp³-hybridized carbons (Fsp3) is 0. The average molecular weight is 191 g/mol. The van der Waals surface area contributed by atoms with Gasteiger partial charge in [-0.15, -0.1) is 0 Å². The van der Waals surface area contributed by atoms with E-state index in [1.54, 1.807) is 6.20 Å². The predicted molar refractivity (Wildman–Crippen MR) is 50.0 cm³/mol. The highest BCUT2D eigenvalue weighted by molar-refractivity contribution is 7.71. The average Bonchev–Trinajstić information content (AvgIpc) is 2.70. The summed E-state index contributed by atoms with van der Waals surface area (Å²) in [7, 11) is 0. The Bertz CT molecular complexity index is 631. The molecule has 0 saturated heterocycles. The maximum absolute atomic E-state index is 5.08. The highest BCUT2D eigenvalue weighted by Crippen LogP contribution is 2.11. The van der Waals surface area contributed by atoms with Crippen LogP contribution in [0.5, 0.6) is 0 Å². The van der Waals surface area contributed by atoms with Crippen molar-refractivity contribution >= 4 is 29.0 Å². The van der Waals surface area contributed by atoms with Crippen LogP contribution in [-0.2, 0) is 0 Å². The van der Waals surface area contributed by atoms with Gasteiger partial charge in [0.25, 0.3) is 0 Å². The summed E-state index contributed by atoms with van der Waals surface area (Å²) >= 11 is 5.08.